The molecule has 0 saturated carbocycles. The fraction of sp³-hybridized carbons (Fsp3) is 0.158. The number of carbonyl (C=O) groups excluding carboxylic acids is 1. The fourth-order valence-electron chi connectivity index (χ4n) is 2.20. The lowest BCUT2D eigenvalue weighted by molar-refractivity contribution is -0.116. The highest BCUT2D eigenvalue weighted by molar-refractivity contribution is 8.21. The Morgan fingerprint density at radius 3 is 2.59 bits per heavy atom. The van der Waals surface area contributed by atoms with Gasteiger partial charge in [0.15, 0.2) is 0 Å². The first-order valence-electron chi connectivity index (χ1n) is 8.08. The molecule has 140 valence electrons. The molecule has 4 N–H and O–H groups in total. The molecule has 27 heavy (non-hydrogen) atoms. The lowest BCUT2D eigenvalue weighted by Gasteiger charge is -2.09. The predicted octanol–water partition coefficient (Wildman–Crippen LogP) is 3.98. The smallest absolute Gasteiger partial charge is 0.337 e. The van der Waals surface area contributed by atoms with E-state index in [-0.39, 0.29) is 29.3 Å². The molecule has 0 unspecified atom stereocenters. The summed E-state index contributed by atoms with van der Waals surface area (Å²) in [6.07, 6.45) is 2.31. The normalized spacial score (nSPS) is 10.2. The summed E-state index contributed by atoms with van der Waals surface area (Å²) in [5, 5.41) is 29.3. The van der Waals surface area contributed by atoms with Gasteiger partial charge >= 0.3 is 5.97 Å². The van der Waals surface area contributed by atoms with Crippen LogP contribution in [-0.2, 0) is 4.79 Å². The summed E-state index contributed by atoms with van der Waals surface area (Å²) >= 11 is 1.16. The maximum absolute atomic E-state index is 12.0. The summed E-state index contributed by atoms with van der Waals surface area (Å²) in [7, 11) is 0. The number of benzene rings is 1. The first-order chi connectivity index (χ1) is 12.9. The maximum atomic E-state index is 12.0. The van der Waals surface area contributed by atoms with Crippen molar-refractivity contribution in [2.75, 3.05) is 5.32 Å². The lowest BCUT2D eigenvalue weighted by atomic mass is 10.1. The third-order valence-electron chi connectivity index (χ3n) is 3.52. The van der Waals surface area contributed by atoms with E-state index in [1.165, 1.54) is 24.4 Å². The number of anilines is 1. The van der Waals surface area contributed by atoms with Gasteiger partial charge in [0.2, 0.25) is 5.91 Å². The van der Waals surface area contributed by atoms with Gasteiger partial charge in [-0.2, -0.15) is 0 Å². The summed E-state index contributed by atoms with van der Waals surface area (Å²) in [6.45, 7) is 3.86. The van der Waals surface area contributed by atoms with E-state index < -0.39 is 5.97 Å². The predicted molar refractivity (Wildman–Crippen MR) is 106 cm³/mol. The summed E-state index contributed by atoms with van der Waals surface area (Å²) < 4.78 is 0. The van der Waals surface area contributed by atoms with Crippen molar-refractivity contribution in [2.24, 2.45) is 0 Å². The van der Waals surface area contributed by atoms with E-state index in [9.17, 15) is 14.7 Å². The largest absolute Gasteiger partial charge is 0.506 e. The molecule has 0 aliphatic rings. The van der Waals surface area contributed by atoms with Crippen molar-refractivity contribution >= 4 is 39.3 Å². The van der Waals surface area contributed by atoms with Crippen LogP contribution in [0, 0.1) is 5.41 Å². The van der Waals surface area contributed by atoms with Crippen molar-refractivity contribution in [3.63, 3.8) is 0 Å². The van der Waals surface area contributed by atoms with Crippen molar-refractivity contribution in [3.05, 3.63) is 60.4 Å². The van der Waals surface area contributed by atoms with Crippen LogP contribution < -0.4 is 5.32 Å². The van der Waals surface area contributed by atoms with E-state index in [0.717, 1.165) is 11.8 Å². The van der Waals surface area contributed by atoms with Crippen molar-refractivity contribution in [1.82, 2.24) is 4.98 Å². The van der Waals surface area contributed by atoms with Crippen LogP contribution in [0.15, 0.2) is 49.2 Å². The molecule has 1 aromatic carbocycles. The lowest BCUT2D eigenvalue weighted by Crippen LogP contribution is -2.14. The van der Waals surface area contributed by atoms with Crippen LogP contribution in [0.4, 0.5) is 5.69 Å². The van der Waals surface area contributed by atoms with Crippen LogP contribution in [0.1, 0.15) is 35.3 Å². The van der Waals surface area contributed by atoms with E-state index >= 15 is 0 Å². The van der Waals surface area contributed by atoms with E-state index in [2.05, 4.69) is 16.9 Å². The minimum atomic E-state index is -1.11. The average Bonchev–Trinajstić information content (AvgIpc) is 2.62. The Labute approximate surface area is 160 Å². The number of aromatic nitrogens is 1. The number of nitrogens with one attached hydrogen (secondary N) is 2. The molecule has 2 aromatic rings. The highest BCUT2D eigenvalue weighted by Crippen LogP contribution is 2.27. The highest BCUT2D eigenvalue weighted by Gasteiger charge is 2.12. The van der Waals surface area contributed by atoms with Crippen LogP contribution in [0.25, 0.3) is 4.91 Å². The molecule has 2 rings (SSSR count). The topological polar surface area (TPSA) is 123 Å². The Morgan fingerprint density at radius 1 is 1.19 bits per heavy atom. The van der Waals surface area contributed by atoms with Crippen LogP contribution in [0.3, 0.4) is 0 Å². The molecule has 7 nitrogen and oxygen atoms in total. The van der Waals surface area contributed by atoms with Gasteiger partial charge < -0.3 is 15.5 Å². The third-order valence-corrected chi connectivity index (χ3v) is 4.43. The Kier molecular flexibility index (Phi) is 7.13. The Balaban J connectivity index is 1.78. The quantitative estimate of drug-likeness (QED) is 0.403. The standard InChI is InChI=1S/C19H19N3O4S/c1-12(15-10-9-13(23)11-21-15)27-17(20)7-4-8-18(24)22-16-6-3-2-5-14(16)19(25)26/h2-3,5-6,9-11,20,23H,1,4,7-8H2,(H,22,24)(H,25,26). The zero-order valence-electron chi connectivity index (χ0n) is 14.4. The van der Waals surface area contributed by atoms with Gasteiger partial charge in [-0.25, -0.2) is 4.79 Å². The molecule has 0 atom stereocenters. The van der Waals surface area contributed by atoms with Crippen LogP contribution in [0.2, 0.25) is 0 Å². The van der Waals surface area contributed by atoms with Gasteiger partial charge in [-0.05, 0) is 37.1 Å². The molecule has 0 radical (unpaired) electrons. The van der Waals surface area contributed by atoms with Gasteiger partial charge in [0.05, 0.1) is 28.2 Å². The molecule has 0 aliphatic heterocycles. The Bertz CT molecular complexity index is 866. The second-order valence-corrected chi connectivity index (χ2v) is 6.79. The van der Waals surface area contributed by atoms with Crippen molar-refractivity contribution in [3.8, 4) is 5.75 Å². The molecule has 1 aromatic heterocycles. The number of thioether (sulfide) groups is 1. The van der Waals surface area contributed by atoms with E-state index in [1.807, 2.05) is 0 Å². The number of aromatic hydroxyl groups is 1. The Morgan fingerprint density at radius 2 is 1.93 bits per heavy atom. The number of carboxylic acid groups (broad SMARTS) is 1. The number of rotatable bonds is 8. The highest BCUT2D eigenvalue weighted by atomic mass is 32.2. The van der Waals surface area contributed by atoms with E-state index in [1.54, 1.807) is 18.2 Å². The molecule has 8 heteroatoms. The monoisotopic (exact) mass is 385 g/mol. The number of nitrogens with zero attached hydrogens (tertiary/aromatic N) is 1. The number of carbonyl (C=O) groups is 2. The second kappa shape index (κ2) is 9.54. The zero-order valence-corrected chi connectivity index (χ0v) is 15.3. The number of hydrogen-bond acceptors (Lipinski definition) is 6. The molecular formula is C19H19N3O4S. The number of amides is 1. The molecule has 0 spiro atoms. The summed E-state index contributed by atoms with van der Waals surface area (Å²) in [5.74, 6) is -1.35. The van der Waals surface area contributed by atoms with Gasteiger partial charge in [0.25, 0.3) is 0 Å². The van der Waals surface area contributed by atoms with Gasteiger partial charge in [-0.1, -0.05) is 30.5 Å². The Hall–Kier alpha value is -3.13. The molecule has 0 bridgehead atoms. The van der Waals surface area contributed by atoms with Gasteiger partial charge in [0, 0.05) is 11.3 Å². The summed E-state index contributed by atoms with van der Waals surface area (Å²) in [4.78, 5) is 27.8. The van der Waals surface area contributed by atoms with E-state index in [4.69, 9.17) is 10.5 Å². The van der Waals surface area contributed by atoms with Crippen molar-refractivity contribution in [2.45, 2.75) is 19.3 Å². The fourth-order valence-corrected chi connectivity index (χ4v) is 2.97. The van der Waals surface area contributed by atoms with Gasteiger partial charge in [-0.3, -0.25) is 15.2 Å². The van der Waals surface area contributed by atoms with Gasteiger partial charge in [0.1, 0.15) is 5.75 Å². The molecule has 1 heterocycles. The second-order valence-electron chi connectivity index (χ2n) is 5.60. The number of hydrogen-bond donors (Lipinski definition) is 4. The molecular weight excluding hydrogens is 366 g/mol. The third kappa shape index (κ3) is 6.27. The van der Waals surface area contributed by atoms with Crippen LogP contribution >= 0.6 is 11.8 Å². The number of carboxylic acids is 1. The SMILES string of the molecule is C=C(SC(=N)CCCC(=O)Nc1ccccc1C(=O)O)c1ccc(O)cn1. The van der Waals surface area contributed by atoms with Gasteiger partial charge in [-0.15, -0.1) is 0 Å². The molecule has 0 aliphatic carbocycles. The minimum Gasteiger partial charge on any atom is -0.506 e. The average molecular weight is 385 g/mol. The molecule has 0 fully saturated rings. The van der Waals surface area contributed by atoms with Crippen LogP contribution in [-0.4, -0.2) is 32.1 Å². The maximum Gasteiger partial charge on any atom is 0.337 e. The van der Waals surface area contributed by atoms with E-state index in [0.29, 0.717) is 28.5 Å². The van der Waals surface area contributed by atoms with Crippen molar-refractivity contribution < 1.29 is 19.8 Å². The zero-order chi connectivity index (χ0) is 19.8. The van der Waals surface area contributed by atoms with Crippen LogP contribution in [0.5, 0.6) is 5.75 Å². The summed E-state index contributed by atoms with van der Waals surface area (Å²) in [6, 6.07) is 9.31. The minimum absolute atomic E-state index is 0.0341. The first-order valence-corrected chi connectivity index (χ1v) is 8.90. The first kappa shape index (κ1) is 20.2. The molecule has 1 amide bonds. The number of para-hydroxylation sites is 1. The number of pyridine rings is 1. The number of aromatic carboxylic acids is 1. The summed E-state index contributed by atoms with van der Waals surface area (Å²) in [5.41, 5.74) is 0.864. The molecule has 0 saturated heterocycles. The van der Waals surface area contributed by atoms with Crippen molar-refractivity contribution in [1.29, 1.82) is 5.41 Å².